The second kappa shape index (κ2) is 0.766. The van der Waals surface area contributed by atoms with E-state index in [9.17, 15) is 0 Å². The third-order valence-corrected chi connectivity index (χ3v) is 3.46. The van der Waals surface area contributed by atoms with Crippen molar-refractivity contribution in [2.45, 2.75) is 18.9 Å². The largest absolute Gasteiger partial charge is 0.294 e. The number of hydrogen-bond acceptors (Lipinski definition) is 1. The highest BCUT2D eigenvalue weighted by molar-refractivity contribution is 5.28. The van der Waals surface area contributed by atoms with E-state index in [1.165, 1.54) is 19.5 Å². The van der Waals surface area contributed by atoms with Crippen LogP contribution in [0.1, 0.15) is 13.3 Å². The Morgan fingerprint density at radius 1 is 1.62 bits per heavy atom. The molecule has 1 aliphatic carbocycles. The Morgan fingerprint density at radius 2 is 2.50 bits per heavy atom. The fourth-order valence-electron chi connectivity index (χ4n) is 2.78. The van der Waals surface area contributed by atoms with Crippen LogP contribution in [0, 0.1) is 11.8 Å². The normalized spacial score (nSPS) is 73.9. The maximum absolute atomic E-state index is 2.61. The summed E-state index contributed by atoms with van der Waals surface area (Å²) in [7, 11) is 0. The first-order valence-corrected chi connectivity index (χ1v) is 3.58. The lowest BCUT2D eigenvalue weighted by Gasteiger charge is -2.52. The van der Waals surface area contributed by atoms with Crippen LogP contribution in [0.25, 0.3) is 0 Å². The molecule has 0 aromatic heterocycles. The molecule has 1 spiro atoms. The molecule has 44 valence electrons. The molecule has 3 aliphatic rings. The van der Waals surface area contributed by atoms with Crippen molar-refractivity contribution < 1.29 is 0 Å². The van der Waals surface area contributed by atoms with E-state index in [0.717, 1.165) is 17.4 Å². The zero-order chi connectivity index (χ0) is 5.35. The summed E-state index contributed by atoms with van der Waals surface area (Å²) >= 11 is 0. The van der Waals surface area contributed by atoms with Crippen molar-refractivity contribution in [2.24, 2.45) is 11.8 Å². The van der Waals surface area contributed by atoms with Gasteiger partial charge in [-0.25, -0.2) is 0 Å². The predicted octanol–water partition coefficient (Wildman–Crippen LogP) is 0.710. The molecule has 0 radical (unpaired) electrons. The SMILES string of the molecule is C[C@H]1CC23CN2CC13. The second-order valence-corrected chi connectivity index (χ2v) is 3.77. The maximum atomic E-state index is 2.61. The molecule has 2 aliphatic heterocycles. The Kier molecular flexibility index (Phi) is 0.372. The van der Waals surface area contributed by atoms with Gasteiger partial charge in [0.25, 0.3) is 0 Å². The summed E-state index contributed by atoms with van der Waals surface area (Å²) in [6, 6.07) is 0. The molecular formula is C7H11N. The molecule has 2 heterocycles. The fraction of sp³-hybridized carbons (Fsp3) is 1.00. The lowest BCUT2D eigenvalue weighted by Crippen LogP contribution is -2.57. The minimum atomic E-state index is 0.833. The molecular weight excluding hydrogens is 98.1 g/mol. The van der Waals surface area contributed by atoms with Gasteiger partial charge in [0.2, 0.25) is 0 Å². The molecule has 1 nitrogen and oxygen atoms in total. The first-order valence-electron chi connectivity index (χ1n) is 3.58. The summed E-state index contributed by atoms with van der Waals surface area (Å²) < 4.78 is 0. The summed E-state index contributed by atoms with van der Waals surface area (Å²) in [6.07, 6.45) is 1.51. The summed E-state index contributed by atoms with van der Waals surface area (Å²) in [6.45, 7) is 5.27. The standard InChI is InChI=1S/C7H11N/c1-5-2-7-4-8(7)3-6(5)7/h5-6H,2-4H2,1H3/t5-,6?,7?,8?/m0/s1. The summed E-state index contributed by atoms with van der Waals surface area (Å²) in [5.74, 6) is 2.19. The molecule has 4 atom stereocenters. The highest BCUT2D eigenvalue weighted by atomic mass is 15.4. The van der Waals surface area contributed by atoms with Crippen molar-refractivity contribution in [3.8, 4) is 0 Å². The number of rotatable bonds is 0. The van der Waals surface area contributed by atoms with Crippen LogP contribution in [0.5, 0.6) is 0 Å². The molecule has 0 amide bonds. The molecule has 1 heteroatoms. The number of piperidine rings is 1. The summed E-state index contributed by atoms with van der Waals surface area (Å²) in [4.78, 5) is 2.61. The molecule has 3 fully saturated rings. The van der Waals surface area contributed by atoms with Crippen LogP contribution in [-0.2, 0) is 0 Å². The van der Waals surface area contributed by atoms with Crippen molar-refractivity contribution in [1.29, 1.82) is 0 Å². The van der Waals surface area contributed by atoms with E-state index in [1.54, 1.807) is 0 Å². The van der Waals surface area contributed by atoms with Crippen LogP contribution < -0.4 is 0 Å². The molecule has 3 unspecified atom stereocenters. The van der Waals surface area contributed by atoms with Gasteiger partial charge in [0, 0.05) is 18.6 Å². The fourth-order valence-corrected chi connectivity index (χ4v) is 2.78. The zero-order valence-electron chi connectivity index (χ0n) is 5.22. The molecule has 0 N–H and O–H groups in total. The minimum Gasteiger partial charge on any atom is -0.294 e. The van der Waals surface area contributed by atoms with Crippen molar-refractivity contribution >= 4 is 0 Å². The van der Waals surface area contributed by atoms with Gasteiger partial charge < -0.3 is 0 Å². The highest BCUT2D eigenvalue weighted by Gasteiger charge is 2.73. The zero-order valence-corrected chi connectivity index (χ0v) is 5.22. The van der Waals surface area contributed by atoms with Gasteiger partial charge in [0.1, 0.15) is 0 Å². The second-order valence-electron chi connectivity index (χ2n) is 3.77. The highest BCUT2D eigenvalue weighted by Crippen LogP contribution is 2.65. The molecule has 2 saturated heterocycles. The van der Waals surface area contributed by atoms with Crippen LogP contribution in [0.15, 0.2) is 0 Å². The van der Waals surface area contributed by atoms with E-state index in [-0.39, 0.29) is 0 Å². The van der Waals surface area contributed by atoms with Crippen molar-refractivity contribution in [3.05, 3.63) is 0 Å². The van der Waals surface area contributed by atoms with Crippen LogP contribution in [0.2, 0.25) is 0 Å². The summed E-state index contributed by atoms with van der Waals surface area (Å²) in [5, 5.41) is 0. The average molecular weight is 109 g/mol. The van der Waals surface area contributed by atoms with Crippen LogP contribution in [0.4, 0.5) is 0 Å². The van der Waals surface area contributed by atoms with Crippen LogP contribution in [-0.4, -0.2) is 23.5 Å². The molecule has 8 heavy (non-hydrogen) atoms. The molecule has 0 aromatic carbocycles. The van der Waals surface area contributed by atoms with Crippen molar-refractivity contribution in [1.82, 2.24) is 4.90 Å². The van der Waals surface area contributed by atoms with Gasteiger partial charge in [-0.2, -0.15) is 0 Å². The minimum absolute atomic E-state index is 0.833. The molecule has 3 rings (SSSR count). The third-order valence-electron chi connectivity index (χ3n) is 3.46. The van der Waals surface area contributed by atoms with Gasteiger partial charge in [0.15, 0.2) is 0 Å². The lowest BCUT2D eigenvalue weighted by atomic mass is 9.61. The van der Waals surface area contributed by atoms with Gasteiger partial charge >= 0.3 is 0 Å². The Morgan fingerprint density at radius 3 is 2.62 bits per heavy atom. The van der Waals surface area contributed by atoms with Gasteiger partial charge in [0.05, 0.1) is 0 Å². The van der Waals surface area contributed by atoms with E-state index in [2.05, 4.69) is 11.8 Å². The van der Waals surface area contributed by atoms with Gasteiger partial charge in [-0.15, -0.1) is 0 Å². The predicted molar refractivity (Wildman–Crippen MR) is 31.6 cm³/mol. The van der Waals surface area contributed by atoms with Crippen LogP contribution >= 0.6 is 0 Å². The topological polar surface area (TPSA) is 3.01 Å². The van der Waals surface area contributed by atoms with E-state index < -0.39 is 0 Å². The first-order chi connectivity index (χ1) is 3.83. The first kappa shape index (κ1) is 3.89. The van der Waals surface area contributed by atoms with Crippen LogP contribution in [0.3, 0.4) is 0 Å². The number of hydrogen-bond donors (Lipinski definition) is 0. The smallest absolute Gasteiger partial charge is 0.0383 e. The van der Waals surface area contributed by atoms with E-state index in [4.69, 9.17) is 0 Å². The molecule has 0 aromatic rings. The van der Waals surface area contributed by atoms with Crippen molar-refractivity contribution in [3.63, 3.8) is 0 Å². The summed E-state index contributed by atoms with van der Waals surface area (Å²) in [5.41, 5.74) is 0.833. The number of nitrogens with zero attached hydrogens (tertiary/aromatic N) is 1. The quantitative estimate of drug-likeness (QED) is 0.414. The van der Waals surface area contributed by atoms with Crippen molar-refractivity contribution in [2.75, 3.05) is 13.1 Å². The maximum Gasteiger partial charge on any atom is 0.0383 e. The Balaban J connectivity index is 1.95. The van der Waals surface area contributed by atoms with Gasteiger partial charge in [-0.3, -0.25) is 4.90 Å². The molecule has 1 saturated carbocycles. The van der Waals surface area contributed by atoms with E-state index in [1.807, 2.05) is 0 Å². The van der Waals surface area contributed by atoms with Gasteiger partial charge in [-0.1, -0.05) is 6.92 Å². The van der Waals surface area contributed by atoms with E-state index >= 15 is 0 Å². The monoisotopic (exact) mass is 109 g/mol. The Hall–Kier alpha value is -0.0400. The van der Waals surface area contributed by atoms with E-state index in [0.29, 0.717) is 0 Å². The third kappa shape index (κ3) is 0.188. The Labute approximate surface area is 49.7 Å². The molecule has 0 bridgehead atoms. The Bertz CT molecular complexity index is 154. The lowest BCUT2D eigenvalue weighted by molar-refractivity contribution is -0.0123. The van der Waals surface area contributed by atoms with Gasteiger partial charge in [-0.05, 0) is 18.3 Å². The average Bonchev–Trinajstić information content (AvgIpc) is 2.33.